The molecule has 0 saturated carbocycles. The summed E-state index contributed by atoms with van der Waals surface area (Å²) >= 11 is 0. The molecule has 5 heteroatoms. The number of ether oxygens (including phenoxy) is 1. The molecule has 0 radical (unpaired) electrons. The number of cyclic esters (lactones) is 1. The fourth-order valence-electron chi connectivity index (χ4n) is 4.86. The van der Waals surface area contributed by atoms with Crippen molar-refractivity contribution in [3.05, 3.63) is 60.7 Å². The van der Waals surface area contributed by atoms with Crippen LogP contribution < -0.4 is 10.4 Å². The number of carbonyl (C=O) groups excluding carboxylic acids is 1. The molecule has 0 aliphatic carbocycles. The van der Waals surface area contributed by atoms with Crippen LogP contribution in [0.25, 0.3) is 0 Å². The summed E-state index contributed by atoms with van der Waals surface area (Å²) in [5.74, 6) is -0.533. The summed E-state index contributed by atoms with van der Waals surface area (Å²) in [5.41, 5.74) is -0.854. The van der Waals surface area contributed by atoms with Gasteiger partial charge in [-0.1, -0.05) is 88.4 Å². The van der Waals surface area contributed by atoms with Gasteiger partial charge in [-0.3, -0.25) is 4.79 Å². The van der Waals surface area contributed by atoms with Crippen molar-refractivity contribution >= 4 is 24.7 Å². The molecule has 2 aromatic carbocycles. The molecule has 0 bridgehead atoms. The maximum Gasteiger partial charge on any atom is 0.306 e. The van der Waals surface area contributed by atoms with E-state index in [-0.39, 0.29) is 36.1 Å². The van der Waals surface area contributed by atoms with Gasteiger partial charge >= 0.3 is 5.97 Å². The second kappa shape index (κ2) is 8.65. The van der Waals surface area contributed by atoms with Crippen LogP contribution in [0.4, 0.5) is 0 Å². The normalized spacial score (nSPS) is 23.3. The third kappa shape index (κ3) is 3.86. The van der Waals surface area contributed by atoms with E-state index in [9.17, 15) is 9.90 Å². The van der Waals surface area contributed by atoms with Gasteiger partial charge in [-0.15, -0.1) is 0 Å². The second-order valence-electron chi connectivity index (χ2n) is 9.42. The van der Waals surface area contributed by atoms with Crippen LogP contribution in [0.15, 0.2) is 60.7 Å². The number of rotatable bonds is 7. The second-order valence-corrected chi connectivity index (χ2v) is 13.7. The highest BCUT2D eigenvalue weighted by Crippen LogP contribution is 2.43. The average Bonchev–Trinajstić information content (AvgIpc) is 3.03. The Morgan fingerprint density at radius 2 is 1.60 bits per heavy atom. The first-order chi connectivity index (χ1) is 14.2. The third-order valence-electron chi connectivity index (χ3n) is 6.52. The highest BCUT2D eigenvalue weighted by molar-refractivity contribution is 6.99. The fourth-order valence-corrected chi connectivity index (χ4v) is 9.70. The lowest BCUT2D eigenvalue weighted by Gasteiger charge is -2.48. The van der Waals surface area contributed by atoms with Gasteiger partial charge in [-0.2, -0.15) is 0 Å². The van der Waals surface area contributed by atoms with E-state index in [1.807, 2.05) is 19.1 Å². The van der Waals surface area contributed by atoms with Crippen molar-refractivity contribution in [1.29, 1.82) is 0 Å². The van der Waals surface area contributed by atoms with E-state index in [1.165, 1.54) is 10.4 Å². The van der Waals surface area contributed by atoms with Crippen LogP contribution in [0.1, 0.15) is 47.5 Å². The first-order valence-corrected chi connectivity index (χ1v) is 12.7. The summed E-state index contributed by atoms with van der Waals surface area (Å²) in [6.07, 6.45) is 0.589. The molecule has 4 nitrogen and oxygen atoms in total. The molecule has 1 aliphatic rings. The maximum absolute atomic E-state index is 12.2. The largest absolute Gasteiger partial charge is 0.456 e. The van der Waals surface area contributed by atoms with Crippen molar-refractivity contribution in [2.45, 2.75) is 64.2 Å². The summed E-state index contributed by atoms with van der Waals surface area (Å²) in [4.78, 5) is 12.2. The lowest BCUT2D eigenvalue weighted by molar-refractivity contribution is -0.158. The Morgan fingerprint density at radius 3 is 2.00 bits per heavy atom. The minimum Gasteiger partial charge on any atom is -0.456 e. The van der Waals surface area contributed by atoms with Crippen molar-refractivity contribution < 1.29 is 19.1 Å². The van der Waals surface area contributed by atoms with E-state index >= 15 is 0 Å². The molecule has 2 aromatic rings. The first kappa shape index (κ1) is 22.7. The van der Waals surface area contributed by atoms with Crippen molar-refractivity contribution in [3.8, 4) is 0 Å². The lowest BCUT2D eigenvalue weighted by Crippen LogP contribution is -2.69. The van der Waals surface area contributed by atoms with E-state index in [2.05, 4.69) is 76.2 Å². The zero-order chi connectivity index (χ0) is 22.0. The van der Waals surface area contributed by atoms with E-state index in [1.54, 1.807) is 0 Å². The monoisotopic (exact) mass is 426 g/mol. The van der Waals surface area contributed by atoms with E-state index in [4.69, 9.17) is 9.16 Å². The Balaban J connectivity index is 2.19. The molecule has 0 aromatic heterocycles. The van der Waals surface area contributed by atoms with E-state index in [0.29, 0.717) is 6.42 Å². The molecule has 1 saturated heterocycles. The summed E-state index contributed by atoms with van der Waals surface area (Å²) in [6.45, 7) is 10.6. The fraction of sp³-hybridized carbons (Fsp3) is 0.480. The number of carbonyl (C=O) groups is 1. The van der Waals surface area contributed by atoms with E-state index < -0.39 is 13.9 Å². The number of aliphatic hydroxyl groups excluding tert-OH is 1. The SMILES string of the molecule is CC[C@@H](O[Si](c1ccccc1)(c1ccccc1)C(C)(C)C)[C@@]1(C)OC(=O)C[C@@H]1CO. The molecule has 3 atom stereocenters. The number of hydrogen-bond donors (Lipinski definition) is 1. The molecule has 0 unspecified atom stereocenters. The van der Waals surface area contributed by atoms with Crippen molar-refractivity contribution in [1.82, 2.24) is 0 Å². The number of aliphatic hydroxyl groups is 1. The zero-order valence-corrected chi connectivity index (χ0v) is 19.7. The van der Waals surface area contributed by atoms with Gasteiger partial charge < -0.3 is 14.3 Å². The van der Waals surface area contributed by atoms with Crippen LogP contribution in [0.5, 0.6) is 0 Å². The Morgan fingerprint density at radius 1 is 1.10 bits per heavy atom. The Labute approximate surface area is 181 Å². The lowest BCUT2D eigenvalue weighted by atomic mass is 9.84. The predicted molar refractivity (Wildman–Crippen MR) is 122 cm³/mol. The van der Waals surface area contributed by atoms with Crippen LogP contribution >= 0.6 is 0 Å². The molecule has 30 heavy (non-hydrogen) atoms. The third-order valence-corrected chi connectivity index (χ3v) is 11.6. The number of esters is 1. The quantitative estimate of drug-likeness (QED) is 0.542. The zero-order valence-electron chi connectivity index (χ0n) is 18.7. The van der Waals surface area contributed by atoms with Gasteiger partial charge in [0, 0.05) is 5.92 Å². The molecule has 1 aliphatic heterocycles. The summed E-state index contributed by atoms with van der Waals surface area (Å²) in [5, 5.41) is 12.2. The summed E-state index contributed by atoms with van der Waals surface area (Å²) in [6, 6.07) is 20.9. The maximum atomic E-state index is 12.2. The molecular weight excluding hydrogens is 392 g/mol. The van der Waals surface area contributed by atoms with Crippen molar-refractivity contribution in [2.75, 3.05) is 6.61 Å². The highest BCUT2D eigenvalue weighted by Gasteiger charge is 2.57. The standard InChI is InChI=1S/C25H34O4Si/c1-6-22(25(5)19(18-26)17-23(27)28-25)29-30(24(2,3)4,20-13-9-7-10-14-20)21-15-11-8-12-16-21/h7-16,19,22,26H,6,17-18H2,1-5H3/t19-,22-,25+/m1/s1. The first-order valence-electron chi connectivity index (χ1n) is 10.8. The van der Waals surface area contributed by atoms with E-state index in [0.717, 1.165) is 0 Å². The molecular formula is C25H34O4Si. The van der Waals surface area contributed by atoms with Gasteiger partial charge in [0.05, 0.1) is 19.1 Å². The molecule has 162 valence electrons. The molecule has 1 N–H and O–H groups in total. The molecule has 1 fully saturated rings. The Bertz CT molecular complexity index is 807. The molecule has 1 heterocycles. The predicted octanol–water partition coefficient (Wildman–Crippen LogP) is 3.66. The van der Waals surface area contributed by atoms with Crippen LogP contribution in [-0.2, 0) is 14.0 Å². The Hall–Kier alpha value is -1.95. The topological polar surface area (TPSA) is 55.8 Å². The minimum absolute atomic E-state index is 0.0944. The van der Waals surface area contributed by atoms with Crippen molar-refractivity contribution in [3.63, 3.8) is 0 Å². The molecule has 3 rings (SSSR count). The molecule has 0 amide bonds. The summed E-state index contributed by atoms with van der Waals surface area (Å²) in [7, 11) is -2.79. The Kier molecular flexibility index (Phi) is 6.56. The van der Waals surface area contributed by atoms with Crippen molar-refractivity contribution in [2.24, 2.45) is 5.92 Å². The molecule has 0 spiro atoms. The van der Waals surface area contributed by atoms with Crippen LogP contribution in [-0.4, -0.2) is 37.7 Å². The van der Waals surface area contributed by atoms with Crippen LogP contribution in [0, 0.1) is 5.92 Å². The number of benzene rings is 2. The van der Waals surface area contributed by atoms with Gasteiger partial charge in [0.1, 0.15) is 5.60 Å². The minimum atomic E-state index is -2.79. The number of hydrogen-bond acceptors (Lipinski definition) is 4. The van der Waals surface area contributed by atoms with Crippen LogP contribution in [0.3, 0.4) is 0 Å². The van der Waals surface area contributed by atoms with Gasteiger partial charge in [0.2, 0.25) is 0 Å². The summed E-state index contributed by atoms with van der Waals surface area (Å²) < 4.78 is 13.1. The highest BCUT2D eigenvalue weighted by atomic mass is 28.4. The van der Waals surface area contributed by atoms with Gasteiger partial charge in [-0.25, -0.2) is 0 Å². The van der Waals surface area contributed by atoms with Gasteiger partial charge in [-0.05, 0) is 28.8 Å². The van der Waals surface area contributed by atoms with Gasteiger partial charge in [0.15, 0.2) is 0 Å². The smallest absolute Gasteiger partial charge is 0.306 e. The van der Waals surface area contributed by atoms with Gasteiger partial charge in [0.25, 0.3) is 8.32 Å². The van der Waals surface area contributed by atoms with Crippen LogP contribution in [0.2, 0.25) is 5.04 Å². The average molecular weight is 427 g/mol.